The van der Waals surface area contributed by atoms with Crippen LogP contribution < -0.4 is 4.92 Å². The minimum absolute atomic E-state index is 0.139. The van der Waals surface area contributed by atoms with Gasteiger partial charge in [0.15, 0.2) is 4.92 Å². The lowest BCUT2D eigenvalue weighted by atomic mass is 10.7. The van der Waals surface area contributed by atoms with E-state index in [1.54, 1.807) is 44.0 Å². The smallest absolute Gasteiger partial charge is 0.126 e. The Balaban J connectivity index is 2.10. The Hall–Kier alpha value is -3.20. The molecule has 0 aliphatic heterocycles. The van der Waals surface area contributed by atoms with Crippen molar-refractivity contribution in [2.24, 2.45) is 0 Å². The maximum atomic E-state index is 4.36. The molecular formula is C12H12N9+. The van der Waals surface area contributed by atoms with E-state index in [1.165, 1.54) is 0 Å². The molecule has 0 atom stereocenters. The minimum Gasteiger partial charge on any atom is -0.126 e. The van der Waals surface area contributed by atoms with Crippen molar-refractivity contribution >= 4 is 0 Å². The number of nitrogens with zero attached hydrogens (tertiary/aromatic N) is 9. The van der Waals surface area contributed by atoms with E-state index in [0.717, 1.165) is 0 Å². The van der Waals surface area contributed by atoms with Crippen LogP contribution in [0.2, 0.25) is 0 Å². The zero-order valence-corrected chi connectivity index (χ0v) is 11.0. The predicted molar refractivity (Wildman–Crippen MR) is 72.6 cm³/mol. The van der Waals surface area contributed by atoms with Gasteiger partial charge in [0, 0.05) is 0 Å². The number of quaternary nitrogens is 1. The normalized spacial score (nSPS) is 11.8. The second kappa shape index (κ2) is 4.42. The monoisotopic (exact) mass is 282 g/mol. The van der Waals surface area contributed by atoms with Crippen LogP contribution in [0.5, 0.6) is 0 Å². The molecule has 21 heavy (non-hydrogen) atoms. The molecule has 0 saturated carbocycles. The summed E-state index contributed by atoms with van der Waals surface area (Å²) in [7, 11) is 0. The Bertz CT molecular complexity index is 639. The van der Waals surface area contributed by atoms with Crippen LogP contribution in [0.4, 0.5) is 0 Å². The molecule has 104 valence electrons. The first-order valence-corrected chi connectivity index (χ1v) is 6.33. The Morgan fingerprint density at radius 1 is 0.476 bits per heavy atom. The lowest BCUT2D eigenvalue weighted by Crippen LogP contribution is -2.69. The van der Waals surface area contributed by atoms with Crippen LogP contribution in [0, 0.1) is 0 Å². The van der Waals surface area contributed by atoms with Crippen molar-refractivity contribution in [1.29, 1.82) is 0 Å². The van der Waals surface area contributed by atoms with E-state index in [-0.39, 0.29) is 4.92 Å². The fourth-order valence-corrected chi connectivity index (χ4v) is 2.24. The predicted octanol–water partition coefficient (Wildman–Crippen LogP) is 0.301. The molecule has 0 aliphatic carbocycles. The van der Waals surface area contributed by atoms with E-state index in [1.807, 2.05) is 49.1 Å². The molecule has 0 amide bonds. The van der Waals surface area contributed by atoms with Crippen LogP contribution in [0.25, 0.3) is 0 Å². The van der Waals surface area contributed by atoms with Crippen LogP contribution in [0.15, 0.2) is 73.8 Å². The number of rotatable bonds is 4. The van der Waals surface area contributed by atoms with Gasteiger partial charge in [0.05, 0.1) is 49.6 Å². The summed E-state index contributed by atoms with van der Waals surface area (Å²) in [6, 6.07) is 7.35. The fraction of sp³-hybridized carbons (Fsp3) is 0. The van der Waals surface area contributed by atoms with Gasteiger partial charge in [-0.3, -0.25) is 0 Å². The van der Waals surface area contributed by atoms with Crippen molar-refractivity contribution in [3.05, 3.63) is 73.8 Å². The number of aromatic nitrogens is 8. The third-order valence-corrected chi connectivity index (χ3v) is 3.06. The van der Waals surface area contributed by atoms with Crippen molar-refractivity contribution in [3.63, 3.8) is 0 Å². The van der Waals surface area contributed by atoms with Crippen LogP contribution in [-0.4, -0.2) is 39.6 Å². The number of hydrogen-bond donors (Lipinski definition) is 0. The molecule has 4 rings (SSSR count). The molecule has 0 fully saturated rings. The highest BCUT2D eigenvalue weighted by Crippen LogP contribution is 2.11. The fourth-order valence-electron chi connectivity index (χ4n) is 2.24. The maximum Gasteiger partial charge on any atom is 0.155 e. The van der Waals surface area contributed by atoms with E-state index in [0.29, 0.717) is 0 Å². The molecule has 0 spiro atoms. The van der Waals surface area contributed by atoms with Crippen molar-refractivity contribution in [3.8, 4) is 0 Å². The lowest BCUT2D eigenvalue weighted by molar-refractivity contribution is -0.0998. The summed E-state index contributed by atoms with van der Waals surface area (Å²) < 4.78 is 0. The Kier molecular flexibility index (Phi) is 2.44. The zero-order valence-electron chi connectivity index (χ0n) is 11.0. The van der Waals surface area contributed by atoms with Gasteiger partial charge in [-0.15, -0.1) is 20.4 Å². The van der Waals surface area contributed by atoms with Crippen LogP contribution >= 0.6 is 0 Å². The second-order valence-electron chi connectivity index (χ2n) is 4.24. The Morgan fingerprint density at radius 2 is 0.762 bits per heavy atom. The van der Waals surface area contributed by atoms with E-state index < -0.39 is 0 Å². The van der Waals surface area contributed by atoms with Crippen molar-refractivity contribution in [1.82, 2.24) is 44.5 Å². The third-order valence-electron chi connectivity index (χ3n) is 3.06. The van der Waals surface area contributed by atoms with Crippen molar-refractivity contribution in [2.75, 3.05) is 0 Å². The quantitative estimate of drug-likeness (QED) is 0.505. The molecule has 0 N–H and O–H groups in total. The third kappa shape index (κ3) is 1.55. The van der Waals surface area contributed by atoms with E-state index in [2.05, 4.69) is 20.4 Å². The minimum atomic E-state index is -0.139. The second-order valence-corrected chi connectivity index (χ2v) is 4.24. The van der Waals surface area contributed by atoms with Gasteiger partial charge in [-0.1, -0.05) is 0 Å². The van der Waals surface area contributed by atoms with Gasteiger partial charge in [-0.05, 0) is 43.4 Å². The molecule has 0 aromatic carbocycles. The molecule has 9 heteroatoms. The van der Waals surface area contributed by atoms with E-state index in [9.17, 15) is 0 Å². The van der Waals surface area contributed by atoms with Gasteiger partial charge in [0.2, 0.25) is 0 Å². The van der Waals surface area contributed by atoms with Crippen molar-refractivity contribution < 1.29 is 0 Å². The Labute approximate surface area is 119 Å². The summed E-state index contributed by atoms with van der Waals surface area (Å²) in [4.78, 5) is 6.61. The molecule has 0 saturated heterocycles. The molecule has 4 aromatic rings. The first kappa shape index (κ1) is 11.6. The molecule has 9 nitrogen and oxygen atoms in total. The van der Waals surface area contributed by atoms with Gasteiger partial charge >= 0.3 is 0 Å². The summed E-state index contributed by atoms with van der Waals surface area (Å²) in [5.74, 6) is 0. The van der Waals surface area contributed by atoms with Gasteiger partial charge in [-0.25, -0.2) is 0 Å². The zero-order chi connectivity index (χ0) is 14.1. The topological polar surface area (TPSA) is 71.3 Å². The largest absolute Gasteiger partial charge is 0.155 e. The summed E-state index contributed by atoms with van der Waals surface area (Å²) >= 11 is 0. The highest BCUT2D eigenvalue weighted by molar-refractivity contribution is 4.92. The standard InChI is InChI=1S/C12H12N9/c1-5-13-17(9-1)21(18-10-2-6-14-18,19-11-3-7-15-19)20-12-4-8-16-20/h1-12H/q+1. The molecule has 0 unspecified atom stereocenters. The lowest BCUT2D eigenvalue weighted by Gasteiger charge is -2.30. The molecule has 4 heterocycles. The molecule has 0 bridgehead atoms. The van der Waals surface area contributed by atoms with Gasteiger partial charge in [0.1, 0.15) is 0 Å². The van der Waals surface area contributed by atoms with E-state index in [4.69, 9.17) is 0 Å². The first-order valence-electron chi connectivity index (χ1n) is 6.33. The Morgan fingerprint density at radius 3 is 0.952 bits per heavy atom. The van der Waals surface area contributed by atoms with Gasteiger partial charge in [-0.2, -0.15) is 0 Å². The summed E-state index contributed by atoms with van der Waals surface area (Å²) in [5, 5.41) is 17.5. The number of hydrogen-bond acceptors (Lipinski definition) is 4. The summed E-state index contributed by atoms with van der Waals surface area (Å²) in [6.45, 7) is 0. The average molecular weight is 282 g/mol. The summed E-state index contributed by atoms with van der Waals surface area (Å²) in [5.41, 5.74) is 0. The molecule has 0 radical (unpaired) electrons. The molecule has 0 aliphatic rings. The summed E-state index contributed by atoms with van der Waals surface area (Å²) in [6.07, 6.45) is 14.1. The van der Waals surface area contributed by atoms with Crippen LogP contribution in [-0.2, 0) is 0 Å². The van der Waals surface area contributed by atoms with E-state index >= 15 is 0 Å². The van der Waals surface area contributed by atoms with Crippen LogP contribution in [0.3, 0.4) is 0 Å². The highest BCUT2D eigenvalue weighted by atomic mass is 16.3. The first-order chi connectivity index (χ1) is 10.4. The average Bonchev–Trinajstić information content (AvgIpc) is 3.32. The SMILES string of the molecule is c1cnn([N+](n2cccn2)(n2cccn2)n2cccn2)c1. The van der Waals surface area contributed by atoms with Gasteiger partial charge in [0.25, 0.3) is 0 Å². The molecular weight excluding hydrogens is 270 g/mol. The molecule has 4 aromatic heterocycles. The van der Waals surface area contributed by atoms with Gasteiger partial charge < -0.3 is 0 Å². The van der Waals surface area contributed by atoms with Crippen LogP contribution in [0.1, 0.15) is 0 Å². The maximum absolute atomic E-state index is 4.36. The highest BCUT2D eigenvalue weighted by Gasteiger charge is 2.42. The van der Waals surface area contributed by atoms with Crippen molar-refractivity contribution in [2.45, 2.75) is 0 Å².